The van der Waals surface area contributed by atoms with Crippen LogP contribution in [0.3, 0.4) is 0 Å². The Morgan fingerprint density at radius 1 is 0.969 bits per heavy atom. The van der Waals surface area contributed by atoms with E-state index in [9.17, 15) is 13.2 Å². The molecule has 0 fully saturated rings. The number of benzene rings is 3. The first-order valence-corrected chi connectivity index (χ1v) is 12.3. The number of carbonyl (C=O) groups is 1. The van der Waals surface area contributed by atoms with Gasteiger partial charge in [-0.2, -0.15) is 5.10 Å². The van der Waals surface area contributed by atoms with Gasteiger partial charge in [-0.05, 0) is 35.8 Å². The lowest BCUT2D eigenvalue weighted by Gasteiger charge is -2.25. The van der Waals surface area contributed by atoms with E-state index in [4.69, 9.17) is 0 Å². The van der Waals surface area contributed by atoms with E-state index >= 15 is 0 Å². The monoisotopic (exact) mass is 451 g/mol. The first-order valence-electron chi connectivity index (χ1n) is 10.4. The third kappa shape index (κ3) is 5.73. The van der Waals surface area contributed by atoms with Crippen LogP contribution < -0.4 is 9.73 Å². The number of carbonyl (C=O) groups excluding carboxylic acids is 1. The van der Waals surface area contributed by atoms with Crippen molar-refractivity contribution in [2.75, 3.05) is 17.1 Å². The van der Waals surface area contributed by atoms with Crippen molar-refractivity contribution in [1.82, 2.24) is 5.43 Å². The van der Waals surface area contributed by atoms with Gasteiger partial charge in [0.05, 0.1) is 11.9 Å². The van der Waals surface area contributed by atoms with Crippen molar-refractivity contribution in [2.45, 2.75) is 32.6 Å². The molecule has 3 aromatic rings. The third-order valence-corrected chi connectivity index (χ3v) is 6.47. The average Bonchev–Trinajstić information content (AvgIpc) is 2.75. The van der Waals surface area contributed by atoms with Crippen molar-refractivity contribution in [3.05, 3.63) is 78.4 Å². The van der Waals surface area contributed by atoms with Crippen LogP contribution in [-0.4, -0.2) is 32.8 Å². The fourth-order valence-electron chi connectivity index (χ4n) is 3.80. The summed E-state index contributed by atoms with van der Waals surface area (Å²) in [6, 6.07) is 23.0. The lowest BCUT2D eigenvalue weighted by Crippen LogP contribution is -2.39. The van der Waals surface area contributed by atoms with Crippen LogP contribution in [0.25, 0.3) is 10.8 Å². The lowest BCUT2D eigenvalue weighted by molar-refractivity contribution is -0.119. The number of amides is 1. The molecule has 6 nitrogen and oxygen atoms in total. The summed E-state index contributed by atoms with van der Waals surface area (Å²) in [5.74, 6) is -0.500. The number of hydrazone groups is 1. The number of sulfonamides is 1. The van der Waals surface area contributed by atoms with Crippen LogP contribution in [0.2, 0.25) is 0 Å². The Kier molecular flexibility index (Phi) is 6.99. The summed E-state index contributed by atoms with van der Waals surface area (Å²) in [7, 11) is -3.68. The Morgan fingerprint density at radius 3 is 2.28 bits per heavy atom. The van der Waals surface area contributed by atoms with Crippen LogP contribution in [0.1, 0.15) is 32.8 Å². The van der Waals surface area contributed by atoms with Gasteiger partial charge in [0.25, 0.3) is 5.91 Å². The Morgan fingerprint density at radius 2 is 1.59 bits per heavy atom. The summed E-state index contributed by atoms with van der Waals surface area (Å²) in [4.78, 5) is 12.6. The largest absolute Gasteiger partial charge is 0.271 e. The molecular weight excluding hydrogens is 422 g/mol. The molecule has 0 bridgehead atoms. The second kappa shape index (κ2) is 9.53. The molecule has 0 atom stereocenters. The zero-order valence-electron chi connectivity index (χ0n) is 18.9. The minimum atomic E-state index is -3.68. The minimum Gasteiger partial charge on any atom is -0.271 e. The van der Waals surface area contributed by atoms with E-state index < -0.39 is 15.9 Å². The van der Waals surface area contributed by atoms with Gasteiger partial charge >= 0.3 is 0 Å². The van der Waals surface area contributed by atoms with E-state index in [0.29, 0.717) is 12.1 Å². The maximum atomic E-state index is 12.6. The highest BCUT2D eigenvalue weighted by Crippen LogP contribution is 2.29. The first kappa shape index (κ1) is 23.5. The number of hydrogen-bond donors (Lipinski definition) is 1. The zero-order valence-corrected chi connectivity index (χ0v) is 19.7. The Bertz CT molecular complexity index is 1230. The van der Waals surface area contributed by atoms with E-state index in [1.54, 1.807) is 12.1 Å². The van der Waals surface area contributed by atoms with Gasteiger partial charge in [0.2, 0.25) is 10.0 Å². The van der Waals surface area contributed by atoms with Crippen LogP contribution in [0, 0.1) is 0 Å². The van der Waals surface area contributed by atoms with E-state index in [2.05, 4.69) is 36.5 Å². The summed E-state index contributed by atoms with van der Waals surface area (Å²) in [5.41, 5.74) is 4.77. The molecule has 3 rings (SSSR count). The molecule has 0 aliphatic carbocycles. The highest BCUT2D eigenvalue weighted by Gasteiger charge is 2.24. The summed E-state index contributed by atoms with van der Waals surface area (Å²) < 4.78 is 26.1. The van der Waals surface area contributed by atoms with Crippen LogP contribution in [0.5, 0.6) is 0 Å². The van der Waals surface area contributed by atoms with E-state index in [1.165, 1.54) is 5.56 Å². The van der Waals surface area contributed by atoms with Gasteiger partial charge in [0.1, 0.15) is 6.54 Å². The smallest absolute Gasteiger partial charge is 0.260 e. The average molecular weight is 452 g/mol. The lowest BCUT2D eigenvalue weighted by atomic mass is 9.80. The number of nitrogens with one attached hydrogen (secondary N) is 1. The molecule has 0 heterocycles. The third-order valence-electron chi connectivity index (χ3n) is 5.35. The Balaban J connectivity index is 1.75. The van der Waals surface area contributed by atoms with Crippen LogP contribution in [0.15, 0.2) is 77.9 Å². The molecule has 0 saturated carbocycles. The van der Waals surface area contributed by atoms with Crippen LogP contribution in [-0.2, 0) is 20.2 Å². The van der Waals surface area contributed by atoms with Gasteiger partial charge in [-0.25, -0.2) is 13.8 Å². The standard InChI is InChI=1S/C25H29N3O3S/c1-19(17-25(2,3)21-13-6-5-7-14-21)26-27-24(29)18-28(32(4,30)31)23-16-10-12-20-11-8-9-15-22(20)23/h5-16H,17-18H2,1-4H3,(H,27,29)/b26-19-. The number of rotatable bonds is 8. The molecule has 0 aromatic heterocycles. The fourth-order valence-corrected chi connectivity index (χ4v) is 4.67. The number of hydrogen-bond acceptors (Lipinski definition) is 4. The molecule has 3 aromatic carbocycles. The topological polar surface area (TPSA) is 78.8 Å². The van der Waals surface area contributed by atoms with E-state index in [0.717, 1.165) is 27.0 Å². The SMILES string of the molecule is C/C(CC(C)(C)c1ccccc1)=N/NC(=O)CN(c1cccc2ccccc12)S(C)(=O)=O. The maximum absolute atomic E-state index is 12.6. The highest BCUT2D eigenvalue weighted by atomic mass is 32.2. The molecule has 0 unspecified atom stereocenters. The van der Waals surface area contributed by atoms with Crippen molar-refractivity contribution in [3.63, 3.8) is 0 Å². The molecule has 0 aliphatic heterocycles. The molecule has 0 radical (unpaired) electrons. The van der Waals surface area contributed by atoms with Gasteiger partial charge in [-0.15, -0.1) is 0 Å². The highest BCUT2D eigenvalue weighted by molar-refractivity contribution is 7.92. The summed E-state index contributed by atoms with van der Waals surface area (Å²) in [6.07, 6.45) is 1.75. The number of nitrogens with zero attached hydrogens (tertiary/aromatic N) is 2. The molecule has 1 N–H and O–H groups in total. The van der Waals surface area contributed by atoms with Gasteiger partial charge < -0.3 is 0 Å². The molecule has 168 valence electrons. The predicted molar refractivity (Wildman–Crippen MR) is 131 cm³/mol. The van der Waals surface area contributed by atoms with Gasteiger partial charge in [0, 0.05) is 11.1 Å². The van der Waals surface area contributed by atoms with Crippen molar-refractivity contribution < 1.29 is 13.2 Å². The van der Waals surface area contributed by atoms with E-state index in [-0.39, 0.29) is 12.0 Å². The zero-order chi connectivity index (χ0) is 23.4. The Hall–Kier alpha value is -3.19. The molecule has 0 spiro atoms. The minimum absolute atomic E-state index is 0.151. The molecule has 1 amide bonds. The molecule has 0 saturated heterocycles. The molecule has 0 aliphatic rings. The normalized spacial score (nSPS) is 12.6. The summed E-state index contributed by atoms with van der Waals surface area (Å²) in [6.45, 7) is 5.74. The van der Waals surface area contributed by atoms with Crippen molar-refractivity contribution in [2.24, 2.45) is 5.10 Å². The number of anilines is 1. The summed E-state index contributed by atoms with van der Waals surface area (Å²) in [5, 5.41) is 5.88. The van der Waals surface area contributed by atoms with Crippen molar-refractivity contribution in [3.8, 4) is 0 Å². The van der Waals surface area contributed by atoms with Gasteiger partial charge in [0.15, 0.2) is 0 Å². The van der Waals surface area contributed by atoms with Crippen molar-refractivity contribution >= 4 is 38.1 Å². The molecule has 7 heteroatoms. The fraction of sp³-hybridized carbons (Fsp3) is 0.280. The van der Waals surface area contributed by atoms with Crippen LogP contribution in [0.4, 0.5) is 5.69 Å². The summed E-state index contributed by atoms with van der Waals surface area (Å²) >= 11 is 0. The predicted octanol–water partition coefficient (Wildman–Crippen LogP) is 4.47. The molecule has 32 heavy (non-hydrogen) atoms. The van der Waals surface area contributed by atoms with E-state index in [1.807, 2.05) is 55.5 Å². The number of fused-ring (bicyclic) bond motifs is 1. The second-order valence-electron chi connectivity index (χ2n) is 8.58. The maximum Gasteiger partial charge on any atom is 0.260 e. The first-order chi connectivity index (χ1) is 15.1. The van der Waals surface area contributed by atoms with Gasteiger partial charge in [-0.1, -0.05) is 80.6 Å². The van der Waals surface area contributed by atoms with Gasteiger partial charge in [-0.3, -0.25) is 9.10 Å². The quantitative estimate of drug-likeness (QED) is 0.405. The van der Waals surface area contributed by atoms with Crippen LogP contribution >= 0.6 is 0 Å². The Labute approximate surface area is 190 Å². The van der Waals surface area contributed by atoms with Crippen molar-refractivity contribution in [1.29, 1.82) is 0 Å². The molecular formula is C25H29N3O3S. The second-order valence-corrected chi connectivity index (χ2v) is 10.5.